The van der Waals surface area contributed by atoms with Crippen LogP contribution in [-0.2, 0) is 9.53 Å². The summed E-state index contributed by atoms with van der Waals surface area (Å²) in [4.78, 5) is 15.6. The van der Waals surface area contributed by atoms with Crippen molar-refractivity contribution in [3.8, 4) is 0 Å². The van der Waals surface area contributed by atoms with E-state index in [9.17, 15) is 4.79 Å². The SMILES string of the molecule is CCCNc1cccc(SCC(=O)OCC)n1. The predicted octanol–water partition coefficient (Wildman–Crippen LogP) is 2.56. The minimum atomic E-state index is -0.203. The Morgan fingerprint density at radius 3 is 3.00 bits per heavy atom. The summed E-state index contributed by atoms with van der Waals surface area (Å²) in [6.45, 7) is 5.23. The summed E-state index contributed by atoms with van der Waals surface area (Å²) in [5.74, 6) is 0.949. The van der Waals surface area contributed by atoms with E-state index in [0.29, 0.717) is 12.4 Å². The summed E-state index contributed by atoms with van der Waals surface area (Å²) in [5.41, 5.74) is 0. The largest absolute Gasteiger partial charge is 0.465 e. The molecule has 17 heavy (non-hydrogen) atoms. The van der Waals surface area contributed by atoms with E-state index < -0.39 is 0 Å². The number of hydrogen-bond donors (Lipinski definition) is 1. The quantitative estimate of drug-likeness (QED) is 0.598. The Bertz CT molecular complexity index is 358. The van der Waals surface area contributed by atoms with Crippen molar-refractivity contribution in [2.75, 3.05) is 24.2 Å². The Balaban J connectivity index is 2.45. The van der Waals surface area contributed by atoms with Crippen LogP contribution in [0, 0.1) is 0 Å². The molecule has 1 aromatic rings. The smallest absolute Gasteiger partial charge is 0.316 e. The molecular weight excluding hydrogens is 236 g/mol. The average Bonchev–Trinajstić information content (AvgIpc) is 2.35. The van der Waals surface area contributed by atoms with Crippen molar-refractivity contribution in [1.29, 1.82) is 0 Å². The highest BCUT2D eigenvalue weighted by molar-refractivity contribution is 7.99. The third kappa shape index (κ3) is 5.58. The number of anilines is 1. The number of rotatable bonds is 7. The summed E-state index contributed by atoms with van der Waals surface area (Å²) in [5, 5.41) is 4.04. The van der Waals surface area contributed by atoms with Gasteiger partial charge in [-0.3, -0.25) is 4.79 Å². The lowest BCUT2D eigenvalue weighted by Crippen LogP contribution is -2.07. The van der Waals surface area contributed by atoms with Crippen molar-refractivity contribution in [2.45, 2.75) is 25.3 Å². The number of carbonyl (C=O) groups excluding carboxylic acids is 1. The summed E-state index contributed by atoms with van der Waals surface area (Å²) in [7, 11) is 0. The van der Waals surface area contributed by atoms with Crippen molar-refractivity contribution in [3.63, 3.8) is 0 Å². The van der Waals surface area contributed by atoms with Gasteiger partial charge in [-0.05, 0) is 25.5 Å². The minimum absolute atomic E-state index is 0.203. The van der Waals surface area contributed by atoms with Crippen LogP contribution in [-0.4, -0.2) is 29.9 Å². The standard InChI is InChI=1S/C12H18N2O2S/c1-3-8-13-10-6-5-7-11(14-10)17-9-12(15)16-4-2/h5-7H,3-4,8-9H2,1-2H3,(H,13,14). The van der Waals surface area contributed by atoms with Gasteiger partial charge in [-0.2, -0.15) is 0 Å². The summed E-state index contributed by atoms with van der Waals surface area (Å²) in [6.07, 6.45) is 1.06. The molecule has 0 amide bonds. The zero-order valence-corrected chi connectivity index (χ0v) is 11.0. The maximum Gasteiger partial charge on any atom is 0.316 e. The molecule has 0 saturated carbocycles. The zero-order chi connectivity index (χ0) is 12.5. The summed E-state index contributed by atoms with van der Waals surface area (Å²) in [6, 6.07) is 5.74. The van der Waals surface area contributed by atoms with Crippen LogP contribution in [0.5, 0.6) is 0 Å². The van der Waals surface area contributed by atoms with Crippen molar-refractivity contribution in [2.24, 2.45) is 0 Å². The lowest BCUT2D eigenvalue weighted by atomic mass is 10.4. The molecule has 0 aliphatic carbocycles. The van der Waals surface area contributed by atoms with E-state index in [1.165, 1.54) is 11.8 Å². The summed E-state index contributed by atoms with van der Waals surface area (Å²) < 4.78 is 4.86. The normalized spacial score (nSPS) is 10.0. The number of nitrogens with zero attached hydrogens (tertiary/aromatic N) is 1. The molecule has 0 saturated heterocycles. The van der Waals surface area contributed by atoms with E-state index in [0.717, 1.165) is 23.8 Å². The zero-order valence-electron chi connectivity index (χ0n) is 10.2. The number of pyridine rings is 1. The molecular formula is C12H18N2O2S. The fourth-order valence-electron chi connectivity index (χ4n) is 1.18. The highest BCUT2D eigenvalue weighted by Gasteiger charge is 2.04. The fraction of sp³-hybridized carbons (Fsp3) is 0.500. The predicted molar refractivity (Wildman–Crippen MR) is 70.4 cm³/mol. The molecule has 0 atom stereocenters. The lowest BCUT2D eigenvalue weighted by Gasteiger charge is -2.05. The van der Waals surface area contributed by atoms with Crippen LogP contribution >= 0.6 is 11.8 Å². The van der Waals surface area contributed by atoms with Crippen molar-refractivity contribution >= 4 is 23.5 Å². The number of esters is 1. The first-order chi connectivity index (χ1) is 8.26. The van der Waals surface area contributed by atoms with Gasteiger partial charge >= 0.3 is 5.97 Å². The van der Waals surface area contributed by atoms with Gasteiger partial charge in [0.05, 0.1) is 17.4 Å². The third-order valence-corrected chi connectivity index (χ3v) is 2.83. The monoisotopic (exact) mass is 254 g/mol. The molecule has 5 heteroatoms. The van der Waals surface area contributed by atoms with E-state index >= 15 is 0 Å². The molecule has 0 radical (unpaired) electrons. The molecule has 1 heterocycles. The van der Waals surface area contributed by atoms with E-state index in [-0.39, 0.29) is 5.97 Å². The minimum Gasteiger partial charge on any atom is -0.465 e. The lowest BCUT2D eigenvalue weighted by molar-refractivity contribution is -0.139. The van der Waals surface area contributed by atoms with Gasteiger partial charge in [0, 0.05) is 6.54 Å². The number of nitrogens with one attached hydrogen (secondary N) is 1. The molecule has 1 N–H and O–H groups in total. The van der Waals surface area contributed by atoms with E-state index in [1.54, 1.807) is 6.92 Å². The Morgan fingerprint density at radius 1 is 1.47 bits per heavy atom. The van der Waals surface area contributed by atoms with Gasteiger partial charge in [0.1, 0.15) is 5.82 Å². The Kier molecular flexibility index (Phi) is 6.47. The topological polar surface area (TPSA) is 51.2 Å². The third-order valence-electron chi connectivity index (χ3n) is 1.92. The van der Waals surface area contributed by atoms with Crippen molar-refractivity contribution in [3.05, 3.63) is 18.2 Å². The van der Waals surface area contributed by atoms with Gasteiger partial charge in [-0.1, -0.05) is 24.8 Å². The first-order valence-electron chi connectivity index (χ1n) is 5.75. The van der Waals surface area contributed by atoms with Crippen LogP contribution in [0.15, 0.2) is 23.2 Å². The van der Waals surface area contributed by atoms with Gasteiger partial charge in [0.15, 0.2) is 0 Å². The number of thioether (sulfide) groups is 1. The molecule has 94 valence electrons. The van der Waals surface area contributed by atoms with Crippen LogP contribution in [0.2, 0.25) is 0 Å². The number of carbonyl (C=O) groups is 1. The molecule has 1 aromatic heterocycles. The molecule has 0 aliphatic heterocycles. The van der Waals surface area contributed by atoms with Gasteiger partial charge in [0.2, 0.25) is 0 Å². The second-order valence-corrected chi connectivity index (χ2v) is 4.38. The Labute approximate surface area is 106 Å². The van der Waals surface area contributed by atoms with Crippen LogP contribution in [0.1, 0.15) is 20.3 Å². The van der Waals surface area contributed by atoms with Crippen LogP contribution in [0.4, 0.5) is 5.82 Å². The fourth-order valence-corrected chi connectivity index (χ4v) is 1.87. The van der Waals surface area contributed by atoms with Gasteiger partial charge < -0.3 is 10.1 Å². The molecule has 4 nitrogen and oxygen atoms in total. The molecule has 0 aliphatic rings. The van der Waals surface area contributed by atoms with Crippen LogP contribution in [0.25, 0.3) is 0 Å². The maximum atomic E-state index is 11.2. The van der Waals surface area contributed by atoms with Gasteiger partial charge in [0.25, 0.3) is 0 Å². The number of hydrogen-bond acceptors (Lipinski definition) is 5. The number of ether oxygens (including phenoxy) is 1. The molecule has 0 unspecified atom stereocenters. The van der Waals surface area contributed by atoms with Crippen molar-refractivity contribution in [1.82, 2.24) is 4.98 Å². The first kappa shape index (κ1) is 13.8. The van der Waals surface area contributed by atoms with Crippen molar-refractivity contribution < 1.29 is 9.53 Å². The Hall–Kier alpha value is -1.23. The van der Waals surface area contributed by atoms with E-state index in [1.807, 2.05) is 18.2 Å². The maximum absolute atomic E-state index is 11.2. The van der Waals surface area contributed by atoms with E-state index in [4.69, 9.17) is 4.74 Å². The Morgan fingerprint density at radius 2 is 2.29 bits per heavy atom. The highest BCUT2D eigenvalue weighted by Crippen LogP contribution is 2.17. The number of aromatic nitrogens is 1. The molecule has 0 bridgehead atoms. The van der Waals surface area contributed by atoms with Gasteiger partial charge in [-0.25, -0.2) is 4.98 Å². The van der Waals surface area contributed by atoms with E-state index in [2.05, 4.69) is 17.2 Å². The molecule has 0 spiro atoms. The summed E-state index contributed by atoms with van der Waals surface area (Å²) >= 11 is 1.39. The second-order valence-electron chi connectivity index (χ2n) is 3.38. The molecule has 0 aromatic carbocycles. The van der Waals surface area contributed by atoms with Crippen LogP contribution < -0.4 is 5.32 Å². The molecule has 1 rings (SSSR count). The molecule has 0 fully saturated rings. The first-order valence-corrected chi connectivity index (χ1v) is 6.74. The van der Waals surface area contributed by atoms with Crippen LogP contribution in [0.3, 0.4) is 0 Å². The second kappa shape index (κ2) is 7.95. The average molecular weight is 254 g/mol. The highest BCUT2D eigenvalue weighted by atomic mass is 32.2. The van der Waals surface area contributed by atoms with Gasteiger partial charge in [-0.15, -0.1) is 0 Å².